The zero-order chi connectivity index (χ0) is 16.5. The lowest BCUT2D eigenvalue weighted by Gasteiger charge is -2.17. The number of nitrogens with one attached hydrogen (secondary N) is 1. The third-order valence-corrected chi connectivity index (χ3v) is 5.97. The summed E-state index contributed by atoms with van der Waals surface area (Å²) in [7, 11) is -3.09. The highest BCUT2D eigenvalue weighted by atomic mass is 35.5. The molecule has 0 bridgehead atoms. The molecule has 8 heteroatoms. The maximum Gasteiger partial charge on any atom is 0.223 e. The van der Waals surface area contributed by atoms with Gasteiger partial charge in [0.15, 0.2) is 9.84 Å². The van der Waals surface area contributed by atoms with E-state index in [0.29, 0.717) is 15.6 Å². The van der Waals surface area contributed by atoms with Crippen LogP contribution in [-0.2, 0) is 14.6 Å². The van der Waals surface area contributed by atoms with E-state index in [0.717, 1.165) is 0 Å². The lowest BCUT2D eigenvalue weighted by molar-refractivity contribution is -0.123. The van der Waals surface area contributed by atoms with Gasteiger partial charge in [0.1, 0.15) is 0 Å². The van der Waals surface area contributed by atoms with E-state index in [1.54, 1.807) is 6.92 Å². The Labute approximate surface area is 139 Å². The fourth-order valence-electron chi connectivity index (χ4n) is 2.53. The molecule has 22 heavy (non-hydrogen) atoms. The molecular formula is C14H17Cl2NO4S. The number of benzene rings is 1. The highest BCUT2D eigenvalue weighted by molar-refractivity contribution is 7.91. The molecule has 5 nitrogen and oxygen atoms in total. The molecule has 0 unspecified atom stereocenters. The van der Waals surface area contributed by atoms with Crippen molar-refractivity contribution >= 4 is 38.9 Å². The molecule has 1 aliphatic heterocycles. The van der Waals surface area contributed by atoms with E-state index in [-0.39, 0.29) is 23.8 Å². The van der Waals surface area contributed by atoms with Gasteiger partial charge in [-0.1, -0.05) is 30.1 Å². The van der Waals surface area contributed by atoms with Crippen molar-refractivity contribution in [2.45, 2.75) is 25.5 Å². The normalized spacial score (nSPS) is 24.9. The number of hydrogen-bond acceptors (Lipinski definition) is 4. The van der Waals surface area contributed by atoms with Gasteiger partial charge in [0.05, 0.1) is 24.0 Å². The van der Waals surface area contributed by atoms with Gasteiger partial charge in [-0.3, -0.25) is 4.79 Å². The number of sulfone groups is 1. The van der Waals surface area contributed by atoms with Gasteiger partial charge in [0.2, 0.25) is 5.91 Å². The van der Waals surface area contributed by atoms with E-state index in [9.17, 15) is 18.3 Å². The first kappa shape index (κ1) is 17.5. The molecule has 1 amide bonds. The van der Waals surface area contributed by atoms with Gasteiger partial charge in [-0.15, -0.1) is 0 Å². The second-order valence-electron chi connectivity index (χ2n) is 5.65. The summed E-state index contributed by atoms with van der Waals surface area (Å²) in [4.78, 5) is 12.0. The highest BCUT2D eigenvalue weighted by Crippen LogP contribution is 2.25. The van der Waals surface area contributed by atoms with Crippen molar-refractivity contribution in [2.24, 2.45) is 5.92 Å². The lowest BCUT2D eigenvalue weighted by Crippen LogP contribution is -2.39. The Hall–Kier alpha value is -0.820. The molecule has 0 aromatic heterocycles. The molecule has 1 aromatic rings. The minimum Gasteiger partial charge on any atom is -0.388 e. The lowest BCUT2D eigenvalue weighted by atomic mass is 10.0. The Bertz CT molecular complexity index is 657. The quantitative estimate of drug-likeness (QED) is 0.854. The molecule has 1 saturated heterocycles. The zero-order valence-corrected chi connectivity index (χ0v) is 14.2. The van der Waals surface area contributed by atoms with Crippen molar-refractivity contribution in [3.05, 3.63) is 33.8 Å². The standard InChI is InChI=1S/C14H17Cl2NO4S/c1-8-6-22(20,21)7-12(8)17-14(19)5-13(18)9-2-10(15)4-11(16)3-9/h2-4,8,12-13,18H,5-7H2,1H3,(H,17,19)/t8-,12+,13+/m0/s1. The Balaban J connectivity index is 1.97. The first-order chi connectivity index (χ1) is 10.2. The fraction of sp³-hybridized carbons (Fsp3) is 0.500. The number of carbonyl (C=O) groups excluding carboxylic acids is 1. The van der Waals surface area contributed by atoms with Crippen LogP contribution in [-0.4, -0.2) is 37.0 Å². The van der Waals surface area contributed by atoms with Crippen LogP contribution in [0.25, 0.3) is 0 Å². The molecule has 1 fully saturated rings. The molecule has 0 radical (unpaired) electrons. The maximum atomic E-state index is 12.0. The van der Waals surface area contributed by atoms with Crippen molar-refractivity contribution in [1.29, 1.82) is 0 Å². The highest BCUT2D eigenvalue weighted by Gasteiger charge is 2.35. The van der Waals surface area contributed by atoms with E-state index in [2.05, 4.69) is 5.32 Å². The van der Waals surface area contributed by atoms with E-state index in [4.69, 9.17) is 23.2 Å². The first-order valence-corrected chi connectivity index (χ1v) is 9.38. The molecule has 1 aliphatic rings. The van der Waals surface area contributed by atoms with Crippen LogP contribution in [0.3, 0.4) is 0 Å². The van der Waals surface area contributed by atoms with Gasteiger partial charge in [-0.05, 0) is 29.7 Å². The summed E-state index contributed by atoms with van der Waals surface area (Å²) in [5.74, 6) is -0.520. The monoisotopic (exact) mass is 365 g/mol. The van der Waals surface area contributed by atoms with Gasteiger partial charge < -0.3 is 10.4 Å². The van der Waals surface area contributed by atoms with E-state index in [1.807, 2.05) is 0 Å². The summed E-state index contributed by atoms with van der Waals surface area (Å²) < 4.78 is 23.0. The molecule has 0 aliphatic carbocycles. The van der Waals surface area contributed by atoms with E-state index < -0.39 is 27.9 Å². The number of halogens is 2. The molecular weight excluding hydrogens is 349 g/mol. The Morgan fingerprint density at radius 2 is 1.91 bits per heavy atom. The maximum absolute atomic E-state index is 12.0. The predicted molar refractivity (Wildman–Crippen MR) is 85.8 cm³/mol. The van der Waals surface area contributed by atoms with Gasteiger partial charge in [0, 0.05) is 16.1 Å². The minimum absolute atomic E-state index is 0.0566. The van der Waals surface area contributed by atoms with Crippen molar-refractivity contribution in [1.82, 2.24) is 5.32 Å². The van der Waals surface area contributed by atoms with Crippen molar-refractivity contribution in [3.8, 4) is 0 Å². The Morgan fingerprint density at radius 3 is 2.41 bits per heavy atom. The number of carbonyl (C=O) groups is 1. The Kier molecular flexibility index (Phi) is 5.37. The fourth-order valence-corrected chi connectivity index (χ4v) is 5.20. The first-order valence-electron chi connectivity index (χ1n) is 6.80. The molecule has 2 N–H and O–H groups in total. The van der Waals surface area contributed by atoms with Gasteiger partial charge >= 0.3 is 0 Å². The summed E-state index contributed by atoms with van der Waals surface area (Å²) in [6.45, 7) is 1.78. The molecule has 122 valence electrons. The zero-order valence-electron chi connectivity index (χ0n) is 11.9. The van der Waals surface area contributed by atoms with Crippen LogP contribution in [0.15, 0.2) is 18.2 Å². The van der Waals surface area contributed by atoms with Crippen LogP contribution in [0.2, 0.25) is 10.0 Å². The average molecular weight is 366 g/mol. The number of aliphatic hydroxyl groups excluding tert-OH is 1. The van der Waals surface area contributed by atoms with Gasteiger partial charge in [-0.25, -0.2) is 8.42 Å². The second-order valence-corrected chi connectivity index (χ2v) is 8.68. The second kappa shape index (κ2) is 6.74. The average Bonchev–Trinajstić information content (AvgIpc) is 2.60. The van der Waals surface area contributed by atoms with Crippen molar-refractivity contribution in [3.63, 3.8) is 0 Å². The van der Waals surface area contributed by atoms with Crippen LogP contribution in [0, 0.1) is 5.92 Å². The number of amides is 1. The predicted octanol–water partition coefficient (Wildman–Crippen LogP) is 1.97. The SMILES string of the molecule is C[C@H]1CS(=O)(=O)C[C@H]1NC(=O)C[C@@H](O)c1cc(Cl)cc(Cl)c1. The largest absolute Gasteiger partial charge is 0.388 e. The van der Waals surface area contributed by atoms with Crippen LogP contribution >= 0.6 is 23.2 Å². The van der Waals surface area contributed by atoms with Crippen LogP contribution in [0.1, 0.15) is 25.0 Å². The van der Waals surface area contributed by atoms with Crippen LogP contribution < -0.4 is 5.32 Å². The third kappa shape index (κ3) is 4.59. The third-order valence-electron chi connectivity index (χ3n) is 3.63. The number of hydrogen-bond donors (Lipinski definition) is 2. The smallest absolute Gasteiger partial charge is 0.223 e. The molecule has 1 aromatic carbocycles. The Morgan fingerprint density at radius 1 is 1.32 bits per heavy atom. The van der Waals surface area contributed by atoms with Gasteiger partial charge in [-0.2, -0.15) is 0 Å². The van der Waals surface area contributed by atoms with E-state index in [1.165, 1.54) is 18.2 Å². The summed E-state index contributed by atoms with van der Waals surface area (Å²) >= 11 is 11.7. The summed E-state index contributed by atoms with van der Waals surface area (Å²) in [6.07, 6.45) is -1.23. The van der Waals surface area contributed by atoms with Crippen molar-refractivity contribution in [2.75, 3.05) is 11.5 Å². The summed E-state index contributed by atoms with van der Waals surface area (Å²) in [5.41, 5.74) is 0.444. The van der Waals surface area contributed by atoms with Crippen LogP contribution in [0.5, 0.6) is 0 Å². The molecule has 0 saturated carbocycles. The van der Waals surface area contributed by atoms with Gasteiger partial charge in [0.25, 0.3) is 0 Å². The molecule has 0 spiro atoms. The topological polar surface area (TPSA) is 83.5 Å². The number of aliphatic hydroxyl groups is 1. The summed E-state index contributed by atoms with van der Waals surface area (Å²) in [6, 6.07) is 4.19. The molecule has 3 atom stereocenters. The minimum atomic E-state index is -3.09. The molecule has 1 heterocycles. The van der Waals surface area contributed by atoms with Crippen molar-refractivity contribution < 1.29 is 18.3 Å². The number of rotatable bonds is 4. The van der Waals surface area contributed by atoms with Crippen LogP contribution in [0.4, 0.5) is 0 Å². The van der Waals surface area contributed by atoms with E-state index >= 15 is 0 Å². The molecule has 2 rings (SSSR count). The summed E-state index contributed by atoms with van der Waals surface area (Å²) in [5, 5.41) is 13.5.